The quantitative estimate of drug-likeness (QED) is 0.811. The van der Waals surface area contributed by atoms with E-state index in [4.69, 9.17) is 0 Å². The van der Waals surface area contributed by atoms with Crippen LogP contribution in [0.25, 0.3) is 0 Å². The monoisotopic (exact) mass is 332 g/mol. The third-order valence-electron chi connectivity index (χ3n) is 3.58. The lowest BCUT2D eigenvalue weighted by atomic mass is 10.2. The average Bonchev–Trinajstić information content (AvgIpc) is 2.47. The molecule has 0 bridgehead atoms. The van der Waals surface area contributed by atoms with Gasteiger partial charge in [-0.3, -0.25) is 0 Å². The van der Waals surface area contributed by atoms with E-state index in [2.05, 4.69) is 0 Å². The van der Waals surface area contributed by atoms with Crippen LogP contribution in [0, 0.1) is 6.92 Å². The predicted molar refractivity (Wildman–Crippen MR) is 81.0 cm³/mol. The van der Waals surface area contributed by atoms with Gasteiger partial charge < -0.3 is 0 Å². The van der Waals surface area contributed by atoms with Crippen molar-refractivity contribution >= 4 is 20.0 Å². The van der Waals surface area contributed by atoms with Crippen LogP contribution >= 0.6 is 0 Å². The summed E-state index contributed by atoms with van der Waals surface area (Å²) in [7, 11) is -6.80. The van der Waals surface area contributed by atoms with Gasteiger partial charge in [-0.15, -0.1) is 0 Å². The van der Waals surface area contributed by atoms with E-state index in [1.807, 2.05) is 13.0 Å². The molecule has 118 valence electrons. The zero-order valence-corrected chi connectivity index (χ0v) is 13.8. The van der Waals surface area contributed by atoms with Gasteiger partial charge in [0.05, 0.1) is 10.6 Å². The molecule has 6 nitrogen and oxygen atoms in total. The topological polar surface area (TPSA) is 74.8 Å². The maximum atomic E-state index is 12.5. The van der Waals surface area contributed by atoms with Gasteiger partial charge in [0.2, 0.25) is 20.0 Å². The van der Waals surface area contributed by atoms with Crippen LogP contribution in [-0.4, -0.2) is 57.4 Å². The SMILES string of the molecule is CCS(=O)(=O)N1CCN(S(=O)(=O)c2cccc(C)c2)CC1. The number of hydrogen-bond acceptors (Lipinski definition) is 4. The van der Waals surface area contributed by atoms with Crippen molar-refractivity contribution in [3.8, 4) is 0 Å². The van der Waals surface area contributed by atoms with E-state index in [0.29, 0.717) is 0 Å². The lowest BCUT2D eigenvalue weighted by Crippen LogP contribution is -2.50. The van der Waals surface area contributed by atoms with Gasteiger partial charge in [0.25, 0.3) is 0 Å². The summed E-state index contributed by atoms with van der Waals surface area (Å²) in [4.78, 5) is 0.259. The Labute approximate surface area is 126 Å². The Bertz CT molecular complexity index is 705. The Kier molecular flexibility index (Phi) is 4.72. The van der Waals surface area contributed by atoms with Crippen LogP contribution in [0.3, 0.4) is 0 Å². The van der Waals surface area contributed by atoms with Crippen molar-refractivity contribution in [2.45, 2.75) is 18.7 Å². The zero-order chi connectivity index (χ0) is 15.7. The molecule has 2 rings (SSSR count). The fraction of sp³-hybridized carbons (Fsp3) is 0.538. The van der Waals surface area contributed by atoms with E-state index in [-0.39, 0.29) is 36.8 Å². The van der Waals surface area contributed by atoms with E-state index >= 15 is 0 Å². The molecule has 21 heavy (non-hydrogen) atoms. The largest absolute Gasteiger partial charge is 0.243 e. The number of hydrogen-bond donors (Lipinski definition) is 0. The highest BCUT2D eigenvalue weighted by molar-refractivity contribution is 7.89. The molecule has 0 spiro atoms. The second-order valence-corrected chi connectivity index (χ2v) is 9.22. The number of sulfonamides is 2. The van der Waals surface area contributed by atoms with Crippen LogP contribution < -0.4 is 0 Å². The Hall–Kier alpha value is -0.960. The van der Waals surface area contributed by atoms with Gasteiger partial charge >= 0.3 is 0 Å². The third kappa shape index (κ3) is 3.45. The van der Waals surface area contributed by atoms with Gasteiger partial charge in [-0.25, -0.2) is 16.8 Å². The van der Waals surface area contributed by atoms with Gasteiger partial charge in [-0.1, -0.05) is 12.1 Å². The molecule has 0 saturated carbocycles. The van der Waals surface area contributed by atoms with Crippen LogP contribution in [-0.2, 0) is 20.0 Å². The highest BCUT2D eigenvalue weighted by atomic mass is 32.2. The lowest BCUT2D eigenvalue weighted by Gasteiger charge is -2.33. The maximum Gasteiger partial charge on any atom is 0.243 e. The van der Waals surface area contributed by atoms with Crippen molar-refractivity contribution in [2.75, 3.05) is 31.9 Å². The van der Waals surface area contributed by atoms with Gasteiger partial charge in [0.15, 0.2) is 0 Å². The molecule has 1 aliphatic rings. The Morgan fingerprint density at radius 1 is 1.00 bits per heavy atom. The van der Waals surface area contributed by atoms with Crippen molar-refractivity contribution in [3.63, 3.8) is 0 Å². The first-order valence-electron chi connectivity index (χ1n) is 6.82. The van der Waals surface area contributed by atoms with Gasteiger partial charge in [-0.05, 0) is 31.5 Å². The summed E-state index contributed by atoms with van der Waals surface area (Å²) in [5.41, 5.74) is 0.878. The molecule has 0 aliphatic carbocycles. The molecule has 0 aromatic heterocycles. The fourth-order valence-electron chi connectivity index (χ4n) is 2.30. The molecule has 1 aliphatic heterocycles. The minimum Gasteiger partial charge on any atom is -0.212 e. The third-order valence-corrected chi connectivity index (χ3v) is 7.36. The number of nitrogens with zero attached hydrogens (tertiary/aromatic N) is 2. The average molecular weight is 332 g/mol. The molecule has 0 amide bonds. The van der Waals surface area contributed by atoms with Crippen LogP contribution in [0.5, 0.6) is 0 Å². The van der Waals surface area contributed by atoms with Crippen molar-refractivity contribution in [1.82, 2.24) is 8.61 Å². The predicted octanol–water partition coefficient (Wildman–Crippen LogP) is 0.651. The molecule has 0 radical (unpaired) electrons. The summed E-state index contributed by atoms with van der Waals surface area (Å²) >= 11 is 0. The second-order valence-electron chi connectivity index (χ2n) is 5.02. The molecule has 0 unspecified atom stereocenters. The molecule has 0 atom stereocenters. The molecular weight excluding hydrogens is 312 g/mol. The van der Waals surface area contributed by atoms with Gasteiger partial charge in [0.1, 0.15) is 0 Å². The first-order chi connectivity index (χ1) is 9.77. The number of benzene rings is 1. The van der Waals surface area contributed by atoms with Crippen molar-refractivity contribution < 1.29 is 16.8 Å². The van der Waals surface area contributed by atoms with E-state index < -0.39 is 20.0 Å². The van der Waals surface area contributed by atoms with Crippen LogP contribution in [0.15, 0.2) is 29.2 Å². The number of piperazine rings is 1. The van der Waals surface area contributed by atoms with E-state index in [9.17, 15) is 16.8 Å². The summed E-state index contributed by atoms with van der Waals surface area (Å²) in [6.45, 7) is 4.23. The number of aryl methyl sites for hydroxylation is 1. The summed E-state index contributed by atoms with van der Waals surface area (Å²) in [6.07, 6.45) is 0. The summed E-state index contributed by atoms with van der Waals surface area (Å²) in [6, 6.07) is 6.74. The van der Waals surface area contributed by atoms with Crippen molar-refractivity contribution in [2.24, 2.45) is 0 Å². The minimum atomic E-state index is -3.55. The molecular formula is C13H20N2O4S2. The van der Waals surface area contributed by atoms with Crippen LogP contribution in [0.4, 0.5) is 0 Å². The molecule has 1 heterocycles. The van der Waals surface area contributed by atoms with E-state index in [1.54, 1.807) is 25.1 Å². The smallest absolute Gasteiger partial charge is 0.212 e. The first kappa shape index (κ1) is 16.4. The summed E-state index contributed by atoms with van der Waals surface area (Å²) in [5, 5.41) is 0. The molecule has 0 N–H and O–H groups in total. The normalized spacial score (nSPS) is 18.8. The summed E-state index contributed by atoms with van der Waals surface area (Å²) in [5.74, 6) is 0.0393. The van der Waals surface area contributed by atoms with Crippen molar-refractivity contribution in [1.29, 1.82) is 0 Å². The fourth-order valence-corrected chi connectivity index (χ4v) is 4.91. The maximum absolute atomic E-state index is 12.5. The van der Waals surface area contributed by atoms with Gasteiger partial charge in [0, 0.05) is 26.2 Å². The zero-order valence-electron chi connectivity index (χ0n) is 12.2. The molecule has 1 saturated heterocycles. The van der Waals surface area contributed by atoms with Gasteiger partial charge in [-0.2, -0.15) is 8.61 Å². The summed E-state index contributed by atoms with van der Waals surface area (Å²) < 4.78 is 51.3. The lowest BCUT2D eigenvalue weighted by molar-refractivity contribution is 0.273. The van der Waals surface area contributed by atoms with Crippen LogP contribution in [0.1, 0.15) is 12.5 Å². The number of rotatable bonds is 4. The molecule has 1 fully saturated rings. The first-order valence-corrected chi connectivity index (χ1v) is 9.87. The minimum absolute atomic E-state index is 0.0393. The van der Waals surface area contributed by atoms with Crippen molar-refractivity contribution in [3.05, 3.63) is 29.8 Å². The van der Waals surface area contributed by atoms with E-state index in [1.165, 1.54) is 8.61 Å². The Morgan fingerprint density at radius 2 is 1.57 bits per heavy atom. The molecule has 1 aromatic rings. The second kappa shape index (κ2) is 6.04. The molecule has 8 heteroatoms. The van der Waals surface area contributed by atoms with E-state index in [0.717, 1.165) is 5.56 Å². The standard InChI is InChI=1S/C13H20N2O4S2/c1-3-20(16,17)14-7-9-15(10-8-14)21(18,19)13-6-4-5-12(2)11-13/h4-6,11H,3,7-10H2,1-2H3. The highest BCUT2D eigenvalue weighted by Gasteiger charge is 2.32. The Morgan fingerprint density at radius 3 is 2.10 bits per heavy atom. The van der Waals surface area contributed by atoms with Crippen LogP contribution in [0.2, 0.25) is 0 Å². The molecule has 1 aromatic carbocycles. The Balaban J connectivity index is 2.15. The highest BCUT2D eigenvalue weighted by Crippen LogP contribution is 2.19.